The number of hydrogen-bond donors (Lipinski definition) is 2. The number of aromatic nitrogens is 2. The van der Waals surface area contributed by atoms with Gasteiger partial charge in [0.2, 0.25) is 0 Å². The Morgan fingerprint density at radius 1 is 1.06 bits per heavy atom. The number of carbonyl (C=O) groups is 3. The van der Waals surface area contributed by atoms with Crippen LogP contribution < -0.4 is 5.32 Å². The fourth-order valence-corrected chi connectivity index (χ4v) is 4.24. The minimum atomic E-state index is -0.645. The molecule has 3 aromatic rings. The fraction of sp³-hybridized carbons (Fsp3) is 0.238. The quantitative estimate of drug-likeness (QED) is 0.426. The Labute approximate surface area is 197 Å². The van der Waals surface area contributed by atoms with Crippen molar-refractivity contribution in [3.05, 3.63) is 56.0 Å². The average Bonchev–Trinajstić information content (AvgIpc) is 3.36. The third-order valence-electron chi connectivity index (χ3n) is 4.35. The summed E-state index contributed by atoms with van der Waals surface area (Å²) in [6.45, 7) is 5.27. The normalized spacial score (nSPS) is 10.7. The Balaban J connectivity index is 1.90. The number of rotatable bonds is 7. The molecular weight excluding hydrogens is 477 g/mol. The van der Waals surface area contributed by atoms with Gasteiger partial charge in [0, 0.05) is 5.56 Å². The van der Waals surface area contributed by atoms with Gasteiger partial charge in [0.1, 0.15) is 15.6 Å². The Hall–Kier alpha value is -2.88. The van der Waals surface area contributed by atoms with Crippen molar-refractivity contribution in [1.29, 1.82) is 0 Å². The first-order valence-corrected chi connectivity index (χ1v) is 11.1. The molecule has 0 saturated carbocycles. The summed E-state index contributed by atoms with van der Waals surface area (Å²) in [6.07, 6.45) is 0. The lowest BCUT2D eigenvalue weighted by Crippen LogP contribution is -2.15. The lowest BCUT2D eigenvalue weighted by Gasteiger charge is -2.06. The lowest BCUT2D eigenvalue weighted by atomic mass is 10.1. The van der Waals surface area contributed by atoms with E-state index < -0.39 is 17.8 Å². The van der Waals surface area contributed by atoms with Crippen LogP contribution in [-0.4, -0.2) is 41.3 Å². The molecule has 168 valence electrons. The predicted molar refractivity (Wildman–Crippen MR) is 123 cm³/mol. The molecule has 0 spiro atoms. The van der Waals surface area contributed by atoms with Gasteiger partial charge in [0.05, 0.1) is 34.5 Å². The highest BCUT2D eigenvalue weighted by Gasteiger charge is 2.28. The standard InChI is InChI=1S/C21H19Cl2N3O5S/c1-4-30-20(28)16-10(3)17(21(29)31-5-2)32-19(16)24-18(27)15-9-14(25-26-15)11-6-7-12(22)13(23)8-11/h6-9H,4-5H2,1-3H3,(H,24,27)(H,25,26). The average molecular weight is 496 g/mol. The largest absolute Gasteiger partial charge is 0.462 e. The van der Waals surface area contributed by atoms with E-state index in [4.69, 9.17) is 32.7 Å². The number of nitrogens with one attached hydrogen (secondary N) is 2. The highest BCUT2D eigenvalue weighted by molar-refractivity contribution is 7.18. The molecule has 0 bridgehead atoms. The van der Waals surface area contributed by atoms with Crippen molar-refractivity contribution in [2.75, 3.05) is 18.5 Å². The highest BCUT2D eigenvalue weighted by atomic mass is 35.5. The zero-order valence-corrected chi connectivity index (χ0v) is 19.7. The van der Waals surface area contributed by atoms with Gasteiger partial charge in [-0.15, -0.1) is 11.3 Å². The van der Waals surface area contributed by atoms with Crippen LogP contribution in [0.1, 0.15) is 49.9 Å². The molecule has 0 atom stereocenters. The summed E-state index contributed by atoms with van der Waals surface area (Å²) in [5.41, 5.74) is 1.78. The van der Waals surface area contributed by atoms with Gasteiger partial charge in [-0.1, -0.05) is 29.3 Å². The van der Waals surface area contributed by atoms with Gasteiger partial charge in [-0.2, -0.15) is 5.10 Å². The SMILES string of the molecule is CCOC(=O)c1sc(NC(=O)c2cc(-c3ccc(Cl)c(Cl)c3)n[nH]2)c(C(=O)OCC)c1C. The molecule has 3 rings (SSSR count). The molecule has 0 aliphatic rings. The summed E-state index contributed by atoms with van der Waals surface area (Å²) >= 11 is 12.9. The number of amides is 1. The van der Waals surface area contributed by atoms with Crippen LogP contribution in [0, 0.1) is 6.92 Å². The van der Waals surface area contributed by atoms with Crippen LogP contribution >= 0.6 is 34.5 Å². The summed E-state index contributed by atoms with van der Waals surface area (Å²) in [4.78, 5) is 37.8. The van der Waals surface area contributed by atoms with Crippen molar-refractivity contribution >= 4 is 57.4 Å². The van der Waals surface area contributed by atoms with Crippen molar-refractivity contribution in [2.24, 2.45) is 0 Å². The zero-order chi connectivity index (χ0) is 23.4. The summed E-state index contributed by atoms with van der Waals surface area (Å²) in [5, 5.41) is 10.4. The molecule has 2 aromatic heterocycles. The number of thiophene rings is 1. The van der Waals surface area contributed by atoms with Crippen LogP contribution in [0.3, 0.4) is 0 Å². The molecule has 2 heterocycles. The monoisotopic (exact) mass is 495 g/mol. The van der Waals surface area contributed by atoms with E-state index in [1.807, 2.05) is 0 Å². The molecule has 1 amide bonds. The van der Waals surface area contributed by atoms with E-state index in [-0.39, 0.29) is 34.3 Å². The first kappa shape index (κ1) is 23.8. The number of H-pyrrole nitrogens is 1. The van der Waals surface area contributed by atoms with Crippen molar-refractivity contribution in [3.8, 4) is 11.3 Å². The van der Waals surface area contributed by atoms with E-state index in [0.717, 1.165) is 11.3 Å². The summed E-state index contributed by atoms with van der Waals surface area (Å²) in [5.74, 6) is -1.77. The molecule has 32 heavy (non-hydrogen) atoms. The third-order valence-corrected chi connectivity index (χ3v) is 6.28. The molecule has 1 aromatic carbocycles. The Morgan fingerprint density at radius 2 is 1.75 bits per heavy atom. The van der Waals surface area contributed by atoms with Crippen LogP contribution in [0.4, 0.5) is 5.00 Å². The maximum Gasteiger partial charge on any atom is 0.348 e. The van der Waals surface area contributed by atoms with Crippen molar-refractivity contribution in [3.63, 3.8) is 0 Å². The van der Waals surface area contributed by atoms with Crippen molar-refractivity contribution in [2.45, 2.75) is 20.8 Å². The number of ether oxygens (including phenoxy) is 2. The minimum absolute atomic E-state index is 0.109. The molecule has 8 nitrogen and oxygen atoms in total. The Morgan fingerprint density at radius 3 is 2.41 bits per heavy atom. The predicted octanol–water partition coefficient (Wildman–Crippen LogP) is 5.36. The second kappa shape index (κ2) is 10.2. The molecule has 0 aliphatic carbocycles. The summed E-state index contributed by atoms with van der Waals surface area (Å²) in [6, 6.07) is 6.52. The Bertz CT molecular complexity index is 1190. The van der Waals surface area contributed by atoms with Crippen LogP contribution in [0.5, 0.6) is 0 Å². The van der Waals surface area contributed by atoms with E-state index in [1.54, 1.807) is 39.0 Å². The maximum atomic E-state index is 12.8. The second-order valence-electron chi connectivity index (χ2n) is 6.45. The first-order chi connectivity index (χ1) is 15.3. The van der Waals surface area contributed by atoms with E-state index in [9.17, 15) is 14.4 Å². The van der Waals surface area contributed by atoms with Gasteiger partial charge in [-0.25, -0.2) is 9.59 Å². The van der Waals surface area contributed by atoms with E-state index in [2.05, 4.69) is 15.5 Å². The minimum Gasteiger partial charge on any atom is -0.462 e. The molecule has 0 radical (unpaired) electrons. The van der Waals surface area contributed by atoms with Gasteiger partial charge < -0.3 is 14.8 Å². The van der Waals surface area contributed by atoms with Gasteiger partial charge in [0.15, 0.2) is 0 Å². The first-order valence-electron chi connectivity index (χ1n) is 9.56. The molecule has 11 heteroatoms. The van der Waals surface area contributed by atoms with E-state index in [1.165, 1.54) is 6.07 Å². The number of esters is 2. The number of nitrogens with zero attached hydrogens (tertiary/aromatic N) is 1. The van der Waals surface area contributed by atoms with Crippen LogP contribution in [-0.2, 0) is 9.47 Å². The molecule has 0 saturated heterocycles. The molecule has 0 aliphatic heterocycles. The van der Waals surface area contributed by atoms with Crippen molar-refractivity contribution in [1.82, 2.24) is 10.2 Å². The molecule has 2 N–H and O–H groups in total. The van der Waals surface area contributed by atoms with Gasteiger partial charge in [-0.3, -0.25) is 9.89 Å². The highest BCUT2D eigenvalue weighted by Crippen LogP contribution is 2.35. The number of anilines is 1. The lowest BCUT2D eigenvalue weighted by molar-refractivity contribution is 0.0527. The summed E-state index contributed by atoms with van der Waals surface area (Å²) < 4.78 is 10.1. The topological polar surface area (TPSA) is 110 Å². The van der Waals surface area contributed by atoms with E-state index >= 15 is 0 Å². The molecule has 0 unspecified atom stereocenters. The number of aromatic amines is 1. The maximum absolute atomic E-state index is 12.8. The second-order valence-corrected chi connectivity index (χ2v) is 8.29. The Kier molecular flexibility index (Phi) is 7.55. The number of benzene rings is 1. The summed E-state index contributed by atoms with van der Waals surface area (Å²) in [7, 11) is 0. The zero-order valence-electron chi connectivity index (χ0n) is 17.4. The smallest absolute Gasteiger partial charge is 0.348 e. The molecular formula is C21H19Cl2N3O5S. The van der Waals surface area contributed by atoms with E-state index in [0.29, 0.717) is 26.9 Å². The number of hydrogen-bond acceptors (Lipinski definition) is 7. The number of halogens is 2. The van der Waals surface area contributed by atoms with Crippen LogP contribution in [0.25, 0.3) is 11.3 Å². The van der Waals surface area contributed by atoms with Crippen LogP contribution in [0.15, 0.2) is 24.3 Å². The van der Waals surface area contributed by atoms with Gasteiger partial charge in [0.25, 0.3) is 5.91 Å². The van der Waals surface area contributed by atoms with Gasteiger partial charge >= 0.3 is 11.9 Å². The fourth-order valence-electron chi connectivity index (χ4n) is 2.85. The van der Waals surface area contributed by atoms with Gasteiger partial charge in [-0.05, 0) is 44.5 Å². The third kappa shape index (κ3) is 4.95. The van der Waals surface area contributed by atoms with Crippen molar-refractivity contribution < 1.29 is 23.9 Å². The number of carbonyl (C=O) groups excluding carboxylic acids is 3. The molecule has 0 fully saturated rings. The van der Waals surface area contributed by atoms with Crippen LogP contribution in [0.2, 0.25) is 10.0 Å².